The Balaban J connectivity index is 1.85. The summed E-state index contributed by atoms with van der Waals surface area (Å²) in [5, 5.41) is 38.6. The van der Waals surface area contributed by atoms with Gasteiger partial charge in [0.15, 0.2) is 6.29 Å². The first-order chi connectivity index (χ1) is 14.6. The van der Waals surface area contributed by atoms with Crippen LogP contribution in [0.3, 0.4) is 0 Å². The Labute approximate surface area is 184 Å². The number of aliphatic hydroxyl groups is 4. The zero-order chi connectivity index (χ0) is 22.0. The zero-order valence-electron chi connectivity index (χ0n) is 19.2. The minimum absolute atomic E-state index is 0.427. The van der Waals surface area contributed by atoms with Gasteiger partial charge in [-0.1, -0.05) is 103 Å². The number of unbranched alkanes of at least 4 members (excludes halogenated alkanes) is 15. The van der Waals surface area contributed by atoms with Gasteiger partial charge in [-0.25, -0.2) is 0 Å². The van der Waals surface area contributed by atoms with Crippen LogP contribution in [-0.2, 0) is 9.47 Å². The number of hydrogen-bond acceptors (Lipinski definition) is 6. The molecule has 0 aromatic rings. The van der Waals surface area contributed by atoms with Crippen molar-refractivity contribution in [1.82, 2.24) is 0 Å². The van der Waals surface area contributed by atoms with E-state index in [0.717, 1.165) is 12.8 Å². The van der Waals surface area contributed by atoms with Gasteiger partial charge in [0, 0.05) is 6.61 Å². The first kappa shape index (κ1) is 27.8. The molecule has 0 aromatic carbocycles. The number of hydrogen-bond donors (Lipinski definition) is 4. The Morgan fingerprint density at radius 2 is 1.03 bits per heavy atom. The minimum Gasteiger partial charge on any atom is -0.394 e. The van der Waals surface area contributed by atoms with Crippen molar-refractivity contribution in [3.8, 4) is 0 Å². The lowest BCUT2D eigenvalue weighted by Gasteiger charge is -2.39. The van der Waals surface area contributed by atoms with Gasteiger partial charge in [-0.2, -0.15) is 0 Å². The summed E-state index contributed by atoms with van der Waals surface area (Å²) in [6.07, 6.45) is 15.0. The summed E-state index contributed by atoms with van der Waals surface area (Å²) in [7, 11) is 0. The van der Waals surface area contributed by atoms with Crippen molar-refractivity contribution >= 4 is 0 Å². The maximum absolute atomic E-state index is 9.91. The highest BCUT2D eigenvalue weighted by atomic mass is 16.7. The second-order valence-electron chi connectivity index (χ2n) is 8.87. The third-order valence-corrected chi connectivity index (χ3v) is 6.13. The fraction of sp³-hybridized carbons (Fsp3) is 1.00. The van der Waals surface area contributed by atoms with Gasteiger partial charge in [-0.15, -0.1) is 0 Å². The summed E-state index contributed by atoms with van der Waals surface area (Å²) < 4.78 is 10.8. The van der Waals surface area contributed by atoms with Crippen LogP contribution in [0.5, 0.6) is 0 Å². The first-order valence-electron chi connectivity index (χ1n) is 12.5. The van der Waals surface area contributed by atoms with E-state index in [1.807, 2.05) is 0 Å². The fourth-order valence-corrected chi connectivity index (χ4v) is 4.05. The van der Waals surface area contributed by atoms with E-state index in [4.69, 9.17) is 9.47 Å². The molecular weight excluding hydrogens is 384 g/mol. The van der Waals surface area contributed by atoms with Crippen molar-refractivity contribution in [3.05, 3.63) is 0 Å². The van der Waals surface area contributed by atoms with Gasteiger partial charge in [0.25, 0.3) is 0 Å². The second kappa shape index (κ2) is 18.3. The van der Waals surface area contributed by atoms with E-state index in [9.17, 15) is 20.4 Å². The molecule has 1 heterocycles. The van der Waals surface area contributed by atoms with Gasteiger partial charge < -0.3 is 29.9 Å². The molecule has 0 saturated carbocycles. The molecule has 6 nitrogen and oxygen atoms in total. The zero-order valence-corrected chi connectivity index (χ0v) is 19.2. The molecule has 5 atom stereocenters. The molecule has 0 aliphatic carbocycles. The normalized spacial score (nSPS) is 26.9. The quantitative estimate of drug-likeness (QED) is 0.230. The summed E-state index contributed by atoms with van der Waals surface area (Å²) in [6.45, 7) is 2.27. The summed E-state index contributed by atoms with van der Waals surface area (Å²) in [5.74, 6) is 0. The highest BCUT2D eigenvalue weighted by molar-refractivity contribution is 4.88. The molecule has 0 spiro atoms. The Hall–Kier alpha value is -0.240. The summed E-state index contributed by atoms with van der Waals surface area (Å²) >= 11 is 0. The van der Waals surface area contributed by atoms with Crippen molar-refractivity contribution < 1.29 is 29.9 Å². The summed E-state index contributed by atoms with van der Waals surface area (Å²) in [4.78, 5) is 0. The third-order valence-electron chi connectivity index (χ3n) is 6.13. The minimum atomic E-state index is -1.37. The number of ether oxygens (including phenoxy) is 2. The Bertz CT molecular complexity index is 379. The van der Waals surface area contributed by atoms with E-state index in [-0.39, 0.29) is 0 Å². The summed E-state index contributed by atoms with van der Waals surface area (Å²) in [6, 6.07) is 0. The molecular formula is C24H48O6. The first-order valence-corrected chi connectivity index (χ1v) is 12.5. The van der Waals surface area contributed by atoms with Crippen molar-refractivity contribution in [2.24, 2.45) is 0 Å². The van der Waals surface area contributed by atoms with Crippen molar-refractivity contribution in [3.63, 3.8) is 0 Å². The maximum Gasteiger partial charge on any atom is 0.186 e. The van der Waals surface area contributed by atoms with Crippen LogP contribution in [0.15, 0.2) is 0 Å². The van der Waals surface area contributed by atoms with Crippen LogP contribution >= 0.6 is 0 Å². The number of aliphatic hydroxyl groups excluding tert-OH is 4. The van der Waals surface area contributed by atoms with E-state index in [0.29, 0.717) is 6.61 Å². The molecule has 1 fully saturated rings. The topological polar surface area (TPSA) is 99.4 Å². The molecule has 0 radical (unpaired) electrons. The average molecular weight is 433 g/mol. The SMILES string of the molecule is CCCCCCCCCCCCCCCCCCO[C@@H]1OC(CO)[C@@H](O)C(O)[C@@H]1O. The van der Waals surface area contributed by atoms with E-state index in [1.165, 1.54) is 89.9 Å². The van der Waals surface area contributed by atoms with Crippen molar-refractivity contribution in [2.45, 2.75) is 140 Å². The molecule has 1 rings (SSSR count). The van der Waals surface area contributed by atoms with Crippen LogP contribution < -0.4 is 0 Å². The van der Waals surface area contributed by atoms with Crippen LogP contribution in [-0.4, -0.2) is 64.3 Å². The van der Waals surface area contributed by atoms with E-state index in [1.54, 1.807) is 0 Å². The molecule has 30 heavy (non-hydrogen) atoms. The van der Waals surface area contributed by atoms with E-state index < -0.39 is 37.3 Å². The predicted molar refractivity (Wildman–Crippen MR) is 119 cm³/mol. The molecule has 0 amide bonds. The van der Waals surface area contributed by atoms with Gasteiger partial charge in [0.1, 0.15) is 24.4 Å². The van der Waals surface area contributed by atoms with Gasteiger partial charge >= 0.3 is 0 Å². The van der Waals surface area contributed by atoms with E-state index in [2.05, 4.69) is 6.92 Å². The fourth-order valence-electron chi connectivity index (χ4n) is 4.05. The molecule has 1 aliphatic heterocycles. The smallest absolute Gasteiger partial charge is 0.186 e. The standard InChI is InChI=1S/C24H48O6/c1-2-3-4-5-6-7-8-9-10-11-12-13-14-15-16-17-18-29-24-23(28)22(27)21(26)20(19-25)30-24/h20-28H,2-19H2,1H3/t20?,21-,22?,23+,24-/m1/s1. The number of rotatable bonds is 19. The predicted octanol–water partition coefficient (Wildman–Crippen LogP) is 4.06. The largest absolute Gasteiger partial charge is 0.394 e. The highest BCUT2D eigenvalue weighted by Crippen LogP contribution is 2.22. The monoisotopic (exact) mass is 432 g/mol. The van der Waals surface area contributed by atoms with Crippen LogP contribution in [0, 0.1) is 0 Å². The van der Waals surface area contributed by atoms with Crippen LogP contribution in [0.4, 0.5) is 0 Å². The Morgan fingerprint density at radius 1 is 0.600 bits per heavy atom. The Kier molecular flexibility index (Phi) is 17.0. The summed E-state index contributed by atoms with van der Waals surface area (Å²) in [5.41, 5.74) is 0. The van der Waals surface area contributed by atoms with Crippen molar-refractivity contribution in [2.75, 3.05) is 13.2 Å². The van der Waals surface area contributed by atoms with Crippen LogP contribution in [0.2, 0.25) is 0 Å². The molecule has 0 bridgehead atoms. The van der Waals surface area contributed by atoms with Gasteiger partial charge in [0.05, 0.1) is 6.61 Å². The molecule has 0 aromatic heterocycles. The van der Waals surface area contributed by atoms with E-state index >= 15 is 0 Å². The molecule has 1 aliphatic rings. The molecule has 180 valence electrons. The van der Waals surface area contributed by atoms with Gasteiger partial charge in [-0.05, 0) is 6.42 Å². The van der Waals surface area contributed by atoms with Gasteiger partial charge in [-0.3, -0.25) is 0 Å². The van der Waals surface area contributed by atoms with Crippen LogP contribution in [0.25, 0.3) is 0 Å². The molecule has 6 heteroatoms. The lowest BCUT2D eigenvalue weighted by atomic mass is 9.99. The van der Waals surface area contributed by atoms with Crippen LogP contribution in [0.1, 0.15) is 110 Å². The average Bonchev–Trinajstić information content (AvgIpc) is 2.75. The lowest BCUT2D eigenvalue weighted by Crippen LogP contribution is -2.59. The highest BCUT2D eigenvalue weighted by Gasteiger charge is 2.43. The van der Waals surface area contributed by atoms with Crippen molar-refractivity contribution in [1.29, 1.82) is 0 Å². The lowest BCUT2D eigenvalue weighted by molar-refractivity contribution is -0.301. The third kappa shape index (κ3) is 12.0. The maximum atomic E-state index is 9.91. The molecule has 4 N–H and O–H groups in total. The Morgan fingerprint density at radius 3 is 1.47 bits per heavy atom. The van der Waals surface area contributed by atoms with Gasteiger partial charge in [0.2, 0.25) is 0 Å². The molecule has 2 unspecified atom stereocenters. The molecule has 1 saturated heterocycles. The second-order valence-corrected chi connectivity index (χ2v) is 8.87.